The van der Waals surface area contributed by atoms with Crippen LogP contribution in [0, 0.1) is 10.1 Å². The number of nitro groups is 1. The van der Waals surface area contributed by atoms with E-state index in [9.17, 15) is 23.3 Å². The molecule has 0 fully saturated rings. The number of benzene rings is 3. The minimum absolute atomic E-state index is 0.0724. The number of aliphatic imine (C=N–C) groups is 1. The van der Waals surface area contributed by atoms with Crippen LogP contribution in [0.5, 0.6) is 0 Å². The van der Waals surface area contributed by atoms with Gasteiger partial charge in [0.1, 0.15) is 11.5 Å². The number of carbonyl (C=O) groups excluding carboxylic acids is 1. The van der Waals surface area contributed by atoms with E-state index < -0.39 is 20.9 Å². The fraction of sp³-hybridized carbons (Fsp3) is 0. The monoisotopic (exact) mass is 482 g/mol. The molecule has 3 aromatic carbocycles. The summed E-state index contributed by atoms with van der Waals surface area (Å²) < 4.78 is 23.2. The Kier molecular flexibility index (Phi) is 5.81. The Morgan fingerprint density at radius 3 is 2.12 bits per heavy atom. The van der Waals surface area contributed by atoms with Gasteiger partial charge in [-0.2, -0.15) is 0 Å². The summed E-state index contributed by atoms with van der Waals surface area (Å²) >= 11 is 5.98. The molecule has 166 valence electrons. The smallest absolute Gasteiger partial charge is 0.266 e. The molecular weight excluding hydrogens is 468 g/mol. The van der Waals surface area contributed by atoms with Crippen molar-refractivity contribution in [2.24, 2.45) is 10.1 Å². The van der Waals surface area contributed by atoms with E-state index in [1.54, 1.807) is 24.3 Å². The van der Waals surface area contributed by atoms with Gasteiger partial charge in [-0.25, -0.2) is 18.5 Å². The van der Waals surface area contributed by atoms with Crippen LogP contribution in [0.2, 0.25) is 5.02 Å². The normalized spacial score (nSPS) is 15.1. The Labute approximate surface area is 193 Å². The topological polar surface area (TPSA) is 136 Å². The lowest BCUT2D eigenvalue weighted by Crippen LogP contribution is -2.32. The molecule has 0 unspecified atom stereocenters. The van der Waals surface area contributed by atoms with Gasteiger partial charge in [-0.3, -0.25) is 19.8 Å². The second kappa shape index (κ2) is 8.58. The predicted molar refractivity (Wildman–Crippen MR) is 124 cm³/mol. The largest absolute Gasteiger partial charge is 0.282 e. The van der Waals surface area contributed by atoms with E-state index in [-0.39, 0.29) is 16.3 Å². The molecule has 1 aliphatic rings. The third-order valence-corrected chi connectivity index (χ3v) is 5.97. The number of hydrogen-bond acceptors (Lipinski definition) is 6. The van der Waals surface area contributed by atoms with Crippen molar-refractivity contribution in [3.8, 4) is 0 Å². The molecule has 1 amide bonds. The van der Waals surface area contributed by atoms with Gasteiger partial charge in [0.2, 0.25) is 10.0 Å². The molecule has 0 atom stereocenters. The number of halogens is 1. The summed E-state index contributed by atoms with van der Waals surface area (Å²) in [7, 11) is -3.90. The van der Waals surface area contributed by atoms with Crippen LogP contribution >= 0.6 is 11.6 Å². The molecular formula is C22H15ClN4O5S. The SMILES string of the molecule is NS(=O)(=O)c1ccc(N2C(=O)/C(=C\c3ccc([N+](=O)[O-])cc3)N=C2c2ccc(Cl)cc2)cc1. The molecule has 9 nitrogen and oxygen atoms in total. The van der Waals surface area contributed by atoms with Crippen LogP contribution in [0.4, 0.5) is 11.4 Å². The molecule has 0 aliphatic carbocycles. The number of nitrogens with zero attached hydrogens (tertiary/aromatic N) is 3. The molecule has 4 rings (SSSR count). The van der Waals surface area contributed by atoms with Crippen molar-refractivity contribution >= 4 is 50.8 Å². The molecule has 0 saturated carbocycles. The fourth-order valence-electron chi connectivity index (χ4n) is 3.18. The van der Waals surface area contributed by atoms with E-state index in [1.807, 2.05) is 0 Å². The number of sulfonamides is 1. The highest BCUT2D eigenvalue weighted by Gasteiger charge is 2.32. The average molecular weight is 483 g/mol. The first-order valence-corrected chi connectivity index (χ1v) is 11.3. The number of primary sulfonamides is 1. The highest BCUT2D eigenvalue weighted by Crippen LogP contribution is 2.29. The maximum atomic E-state index is 13.3. The zero-order valence-electron chi connectivity index (χ0n) is 16.8. The number of amides is 1. The van der Waals surface area contributed by atoms with Gasteiger partial charge in [0, 0.05) is 22.7 Å². The van der Waals surface area contributed by atoms with Gasteiger partial charge in [0.05, 0.1) is 15.5 Å². The molecule has 1 heterocycles. The third kappa shape index (κ3) is 4.67. The molecule has 3 aromatic rings. The molecule has 0 saturated heterocycles. The Morgan fingerprint density at radius 2 is 1.58 bits per heavy atom. The zero-order chi connectivity index (χ0) is 23.8. The van der Waals surface area contributed by atoms with Gasteiger partial charge in [-0.15, -0.1) is 0 Å². The molecule has 11 heteroatoms. The van der Waals surface area contributed by atoms with Crippen LogP contribution in [0.25, 0.3) is 6.08 Å². The van der Waals surface area contributed by atoms with Crippen LogP contribution in [-0.2, 0) is 14.8 Å². The average Bonchev–Trinajstić information content (AvgIpc) is 3.10. The number of nitro benzene ring substituents is 1. The van der Waals surface area contributed by atoms with Crippen molar-refractivity contribution < 1.29 is 18.1 Å². The van der Waals surface area contributed by atoms with Crippen molar-refractivity contribution in [2.75, 3.05) is 4.90 Å². The van der Waals surface area contributed by atoms with Crippen molar-refractivity contribution in [2.45, 2.75) is 4.90 Å². The second-order valence-corrected chi connectivity index (χ2v) is 9.00. The highest BCUT2D eigenvalue weighted by atomic mass is 35.5. The summed E-state index contributed by atoms with van der Waals surface area (Å²) in [6.45, 7) is 0. The van der Waals surface area contributed by atoms with E-state index in [0.717, 1.165) is 0 Å². The van der Waals surface area contributed by atoms with Crippen LogP contribution < -0.4 is 10.0 Å². The van der Waals surface area contributed by atoms with Gasteiger partial charge in [-0.1, -0.05) is 11.6 Å². The first-order chi connectivity index (χ1) is 15.6. The van der Waals surface area contributed by atoms with Gasteiger partial charge in [0.25, 0.3) is 11.6 Å². The van der Waals surface area contributed by atoms with Crippen molar-refractivity contribution in [1.29, 1.82) is 0 Å². The molecule has 0 spiro atoms. The minimum atomic E-state index is -3.90. The molecule has 2 N–H and O–H groups in total. The van der Waals surface area contributed by atoms with Crippen LogP contribution in [0.1, 0.15) is 11.1 Å². The zero-order valence-corrected chi connectivity index (χ0v) is 18.3. The maximum absolute atomic E-state index is 13.3. The van der Waals surface area contributed by atoms with Crippen molar-refractivity contribution in [1.82, 2.24) is 0 Å². The predicted octanol–water partition coefficient (Wildman–Crippen LogP) is 3.73. The molecule has 0 bridgehead atoms. The van der Waals surface area contributed by atoms with Crippen molar-refractivity contribution in [3.05, 3.63) is 105 Å². The number of nitrogens with two attached hydrogens (primary N) is 1. The standard InChI is InChI=1S/C22H15ClN4O5S/c23-16-5-3-15(4-6-16)21-25-20(13-14-1-7-18(8-2-14)27(29)30)22(28)26(21)17-9-11-19(12-10-17)33(24,31)32/h1-13H,(H2,24,31,32)/b20-13+. The quantitative estimate of drug-likeness (QED) is 0.335. The molecule has 0 radical (unpaired) electrons. The lowest BCUT2D eigenvalue weighted by molar-refractivity contribution is -0.384. The Hall–Kier alpha value is -3.86. The fourth-order valence-corrected chi connectivity index (χ4v) is 3.83. The molecule has 0 aromatic heterocycles. The lowest BCUT2D eigenvalue weighted by atomic mass is 10.1. The number of carbonyl (C=O) groups is 1. The van der Waals surface area contributed by atoms with E-state index in [2.05, 4.69) is 4.99 Å². The number of amidine groups is 1. The Balaban J connectivity index is 1.78. The summed E-state index contributed by atoms with van der Waals surface area (Å²) in [5.41, 5.74) is 1.57. The number of anilines is 1. The highest BCUT2D eigenvalue weighted by molar-refractivity contribution is 7.89. The minimum Gasteiger partial charge on any atom is -0.266 e. The summed E-state index contributed by atoms with van der Waals surface area (Å²) in [6.07, 6.45) is 1.51. The van der Waals surface area contributed by atoms with Gasteiger partial charge in [-0.05, 0) is 72.3 Å². The summed E-state index contributed by atoms with van der Waals surface area (Å²) in [5, 5.41) is 16.5. The third-order valence-electron chi connectivity index (χ3n) is 4.79. The summed E-state index contributed by atoms with van der Waals surface area (Å²) in [5.74, 6) is -0.144. The first-order valence-electron chi connectivity index (χ1n) is 9.41. The number of hydrogen-bond donors (Lipinski definition) is 1. The van der Waals surface area contributed by atoms with Crippen LogP contribution in [-0.4, -0.2) is 25.1 Å². The van der Waals surface area contributed by atoms with E-state index >= 15 is 0 Å². The van der Waals surface area contributed by atoms with E-state index in [0.29, 0.717) is 27.7 Å². The number of non-ortho nitro benzene ring substituents is 1. The first kappa shape index (κ1) is 22.3. The Morgan fingerprint density at radius 1 is 0.970 bits per heavy atom. The van der Waals surface area contributed by atoms with Crippen LogP contribution in [0.15, 0.2) is 88.4 Å². The van der Waals surface area contributed by atoms with Gasteiger partial charge < -0.3 is 0 Å². The van der Waals surface area contributed by atoms with Crippen molar-refractivity contribution in [3.63, 3.8) is 0 Å². The molecule has 1 aliphatic heterocycles. The van der Waals surface area contributed by atoms with E-state index in [4.69, 9.17) is 16.7 Å². The molecule has 33 heavy (non-hydrogen) atoms. The van der Waals surface area contributed by atoms with Crippen LogP contribution in [0.3, 0.4) is 0 Å². The maximum Gasteiger partial charge on any atom is 0.282 e. The second-order valence-electron chi connectivity index (χ2n) is 7.00. The number of rotatable bonds is 5. The van der Waals surface area contributed by atoms with Gasteiger partial charge >= 0.3 is 0 Å². The lowest BCUT2D eigenvalue weighted by Gasteiger charge is -2.19. The Bertz CT molecular complexity index is 1420. The van der Waals surface area contributed by atoms with E-state index in [1.165, 1.54) is 59.5 Å². The summed E-state index contributed by atoms with van der Waals surface area (Å²) in [4.78, 5) is 29.4. The summed E-state index contributed by atoms with van der Waals surface area (Å²) in [6, 6.07) is 17.9. The van der Waals surface area contributed by atoms with Gasteiger partial charge in [0.15, 0.2) is 0 Å².